The average Bonchev–Trinajstić information content (AvgIpc) is 2.88. The standard InChI is InChI=1S/C22H45FO3S.C8H20N/c1-2-3-4-5-6-9-12-15-18-21-26-27(24,25)22-19-16-13-10-7-8-11-14-17-20-23;1-5-9(6-2,7-3)8-4/h2-22H2,1H3;5-8H2,1-4H3/q;+1. The predicted molar refractivity (Wildman–Crippen MR) is 157 cm³/mol. The molecule has 36 heavy (non-hydrogen) atoms. The highest BCUT2D eigenvalue weighted by molar-refractivity contribution is 7.86. The Bertz CT molecular complexity index is 477. The summed E-state index contributed by atoms with van der Waals surface area (Å²) >= 11 is 0. The van der Waals surface area contributed by atoms with Crippen molar-refractivity contribution in [1.29, 1.82) is 0 Å². The number of hydrogen-bond donors (Lipinski definition) is 0. The molecule has 0 unspecified atom stereocenters. The topological polar surface area (TPSA) is 43.4 Å². The van der Waals surface area contributed by atoms with Crippen molar-refractivity contribution >= 4 is 10.1 Å². The van der Waals surface area contributed by atoms with E-state index in [4.69, 9.17) is 4.18 Å². The molecule has 0 N–H and O–H groups in total. The van der Waals surface area contributed by atoms with Crippen LogP contribution in [0.3, 0.4) is 0 Å². The third kappa shape index (κ3) is 25.4. The molecule has 0 aliphatic heterocycles. The van der Waals surface area contributed by atoms with Crippen LogP contribution in [0.15, 0.2) is 0 Å². The molecule has 0 atom stereocenters. The third-order valence-corrected chi connectivity index (χ3v) is 9.04. The number of nitrogens with zero attached hydrogens (tertiary/aromatic N) is 1. The van der Waals surface area contributed by atoms with E-state index in [0.717, 1.165) is 44.9 Å². The maximum atomic E-state index is 11.9. The lowest BCUT2D eigenvalue weighted by molar-refractivity contribution is -0.921. The molecule has 0 fully saturated rings. The van der Waals surface area contributed by atoms with Crippen molar-refractivity contribution in [2.45, 2.75) is 150 Å². The Labute approximate surface area is 226 Å². The van der Waals surface area contributed by atoms with Crippen LogP contribution in [0.5, 0.6) is 0 Å². The van der Waals surface area contributed by atoms with Gasteiger partial charge in [0.2, 0.25) is 0 Å². The van der Waals surface area contributed by atoms with Gasteiger partial charge in [-0.3, -0.25) is 8.57 Å². The van der Waals surface area contributed by atoms with Gasteiger partial charge in [0.15, 0.2) is 0 Å². The van der Waals surface area contributed by atoms with E-state index < -0.39 is 10.1 Å². The van der Waals surface area contributed by atoms with Crippen molar-refractivity contribution in [2.75, 3.05) is 45.2 Å². The first-order valence-corrected chi connectivity index (χ1v) is 17.2. The van der Waals surface area contributed by atoms with Crippen LogP contribution in [-0.4, -0.2) is 58.1 Å². The first-order valence-electron chi connectivity index (χ1n) is 15.6. The summed E-state index contributed by atoms with van der Waals surface area (Å²) < 4.78 is 42.0. The zero-order valence-corrected chi connectivity index (χ0v) is 26.0. The quantitative estimate of drug-likeness (QED) is 0.0626. The highest BCUT2D eigenvalue weighted by atomic mass is 32.2. The van der Waals surface area contributed by atoms with E-state index in [9.17, 15) is 12.8 Å². The Morgan fingerprint density at radius 2 is 0.889 bits per heavy atom. The lowest BCUT2D eigenvalue weighted by Gasteiger charge is -2.34. The maximum Gasteiger partial charge on any atom is 0.267 e. The van der Waals surface area contributed by atoms with Gasteiger partial charge in [0.1, 0.15) is 0 Å². The Hall–Kier alpha value is -0.200. The molecule has 0 heterocycles. The Kier molecular flexibility index (Phi) is 29.3. The van der Waals surface area contributed by atoms with Gasteiger partial charge in [-0.15, -0.1) is 0 Å². The van der Waals surface area contributed by atoms with Gasteiger partial charge < -0.3 is 4.48 Å². The normalized spacial score (nSPS) is 11.9. The zero-order chi connectivity index (χ0) is 27.4. The number of alkyl halides is 1. The van der Waals surface area contributed by atoms with Crippen LogP contribution in [-0.2, 0) is 14.3 Å². The average molecular weight is 539 g/mol. The van der Waals surface area contributed by atoms with Crippen LogP contribution < -0.4 is 0 Å². The van der Waals surface area contributed by atoms with E-state index in [1.807, 2.05) is 0 Å². The second kappa shape index (κ2) is 27.8. The van der Waals surface area contributed by atoms with Crippen molar-refractivity contribution in [3.8, 4) is 0 Å². The van der Waals surface area contributed by atoms with E-state index in [0.29, 0.717) is 19.4 Å². The second-order valence-corrected chi connectivity index (χ2v) is 12.1. The fourth-order valence-electron chi connectivity index (χ4n) is 4.61. The predicted octanol–water partition coefficient (Wildman–Crippen LogP) is 9.23. The van der Waals surface area contributed by atoms with E-state index in [-0.39, 0.29) is 12.4 Å². The first-order chi connectivity index (χ1) is 17.4. The molecule has 0 aliphatic carbocycles. The lowest BCUT2D eigenvalue weighted by atomic mass is 10.1. The minimum Gasteiger partial charge on any atom is -0.325 e. The molecule has 0 bridgehead atoms. The van der Waals surface area contributed by atoms with Crippen molar-refractivity contribution in [2.24, 2.45) is 0 Å². The highest BCUT2D eigenvalue weighted by Crippen LogP contribution is 2.12. The Morgan fingerprint density at radius 3 is 1.25 bits per heavy atom. The Morgan fingerprint density at radius 1 is 0.528 bits per heavy atom. The molecule has 0 radical (unpaired) electrons. The minimum absolute atomic E-state index is 0.154. The Balaban J connectivity index is 0. The molecule has 0 spiro atoms. The molecule has 220 valence electrons. The van der Waals surface area contributed by atoms with E-state index in [2.05, 4.69) is 34.6 Å². The third-order valence-electron chi connectivity index (χ3n) is 7.72. The maximum absolute atomic E-state index is 11.9. The summed E-state index contributed by atoms with van der Waals surface area (Å²) in [5.41, 5.74) is 0. The summed E-state index contributed by atoms with van der Waals surface area (Å²) in [7, 11) is -3.33. The molecule has 0 rings (SSSR count). The molecule has 0 saturated heterocycles. The van der Waals surface area contributed by atoms with Crippen LogP contribution in [0.25, 0.3) is 0 Å². The van der Waals surface area contributed by atoms with Crippen molar-refractivity contribution < 1.29 is 21.5 Å². The molecule has 0 aromatic heterocycles. The van der Waals surface area contributed by atoms with Crippen LogP contribution in [0, 0.1) is 0 Å². The summed E-state index contributed by atoms with van der Waals surface area (Å²) in [6, 6.07) is 0. The van der Waals surface area contributed by atoms with E-state index >= 15 is 0 Å². The van der Waals surface area contributed by atoms with Crippen LogP contribution in [0.1, 0.15) is 150 Å². The number of hydrogen-bond acceptors (Lipinski definition) is 3. The van der Waals surface area contributed by atoms with Gasteiger partial charge in [0.25, 0.3) is 10.1 Å². The summed E-state index contributed by atoms with van der Waals surface area (Å²) in [6.07, 6.45) is 20.0. The van der Waals surface area contributed by atoms with Crippen LogP contribution in [0.2, 0.25) is 0 Å². The minimum atomic E-state index is -3.33. The van der Waals surface area contributed by atoms with Gasteiger partial charge in [-0.25, -0.2) is 0 Å². The molecular formula is C30H65FNO3S+. The molecule has 0 aromatic rings. The molecule has 0 aliphatic rings. The smallest absolute Gasteiger partial charge is 0.267 e. The van der Waals surface area contributed by atoms with Crippen molar-refractivity contribution in [3.63, 3.8) is 0 Å². The molecular weight excluding hydrogens is 473 g/mol. The van der Waals surface area contributed by atoms with Crippen molar-refractivity contribution in [3.05, 3.63) is 0 Å². The lowest BCUT2D eigenvalue weighted by Crippen LogP contribution is -2.47. The highest BCUT2D eigenvalue weighted by Gasteiger charge is 2.16. The van der Waals surface area contributed by atoms with Crippen LogP contribution in [0.4, 0.5) is 4.39 Å². The van der Waals surface area contributed by atoms with E-state index in [1.54, 1.807) is 0 Å². The van der Waals surface area contributed by atoms with Gasteiger partial charge in [-0.1, -0.05) is 103 Å². The number of quaternary nitrogens is 1. The van der Waals surface area contributed by atoms with Gasteiger partial charge in [0.05, 0.1) is 45.2 Å². The molecule has 4 nitrogen and oxygen atoms in total. The molecule has 0 amide bonds. The fourth-order valence-corrected chi connectivity index (χ4v) is 5.66. The second-order valence-electron chi connectivity index (χ2n) is 10.4. The number of unbranched alkanes of at least 4 members (excludes halogenated alkanes) is 16. The van der Waals surface area contributed by atoms with Gasteiger partial charge in [-0.2, -0.15) is 8.42 Å². The summed E-state index contributed by atoms with van der Waals surface area (Å²) in [5, 5.41) is 0. The fraction of sp³-hybridized carbons (Fsp3) is 1.00. The summed E-state index contributed by atoms with van der Waals surface area (Å²) in [4.78, 5) is 0. The van der Waals surface area contributed by atoms with E-state index in [1.165, 1.54) is 88.4 Å². The van der Waals surface area contributed by atoms with Crippen molar-refractivity contribution in [1.82, 2.24) is 0 Å². The molecule has 6 heteroatoms. The van der Waals surface area contributed by atoms with Crippen LogP contribution >= 0.6 is 0 Å². The SMILES string of the molecule is CCCCCCCCCCCOS(=O)(=O)CCCCCCCCCCCF.CC[N+](CC)(CC)CC. The summed E-state index contributed by atoms with van der Waals surface area (Å²) in [5.74, 6) is 0.154. The van der Waals surface area contributed by atoms with Gasteiger partial charge >= 0.3 is 0 Å². The first kappa shape index (κ1) is 37.9. The molecule has 0 aromatic carbocycles. The monoisotopic (exact) mass is 538 g/mol. The zero-order valence-electron chi connectivity index (χ0n) is 25.1. The largest absolute Gasteiger partial charge is 0.325 e. The van der Waals surface area contributed by atoms with Gasteiger partial charge in [-0.05, 0) is 47.0 Å². The van der Waals surface area contributed by atoms with Gasteiger partial charge in [0, 0.05) is 0 Å². The number of halogens is 1. The summed E-state index contributed by atoms with van der Waals surface area (Å²) in [6.45, 7) is 16.6. The number of rotatable bonds is 26. The molecule has 0 saturated carbocycles.